The van der Waals surface area contributed by atoms with Crippen LogP contribution < -0.4 is 0 Å². The number of halogens is 1. The van der Waals surface area contributed by atoms with Crippen LogP contribution in [0.15, 0.2) is 65.0 Å². The maximum atomic E-state index is 13.2. The van der Waals surface area contributed by atoms with Crippen molar-refractivity contribution in [2.75, 3.05) is 6.54 Å². The van der Waals surface area contributed by atoms with E-state index in [0.717, 1.165) is 29.7 Å². The summed E-state index contributed by atoms with van der Waals surface area (Å²) in [5.41, 5.74) is 1.85. The van der Waals surface area contributed by atoms with Gasteiger partial charge in [0.15, 0.2) is 4.21 Å². The first kappa shape index (κ1) is 18.3. The zero-order valence-corrected chi connectivity index (χ0v) is 16.2. The molecule has 0 aliphatic carbocycles. The first-order chi connectivity index (χ1) is 13.0. The van der Waals surface area contributed by atoms with Crippen molar-refractivity contribution < 1.29 is 12.8 Å². The Labute approximate surface area is 162 Å². The Hall–Kier alpha value is -2.09. The Kier molecular flexibility index (Phi) is 5.08. The third-order valence-corrected chi connectivity index (χ3v) is 8.21. The summed E-state index contributed by atoms with van der Waals surface area (Å²) >= 11 is 1.13. The lowest BCUT2D eigenvalue weighted by molar-refractivity contribution is 0.386. The van der Waals surface area contributed by atoms with Gasteiger partial charge in [-0.1, -0.05) is 30.3 Å². The third-order valence-electron chi connectivity index (χ3n) is 4.78. The summed E-state index contributed by atoms with van der Waals surface area (Å²) < 4.78 is 41.3. The smallest absolute Gasteiger partial charge is 0.243 e. The summed E-state index contributed by atoms with van der Waals surface area (Å²) in [5, 5.41) is 0.576. The molecule has 3 aromatic rings. The molecule has 0 saturated carbocycles. The standard InChI is InChI=1S/C20H19FN2O2S2/c21-17-10-8-16(9-11-17)20-22-14-19(26-20)27(24,25)23-12-4-7-18(23)13-15-5-2-1-3-6-15/h1-3,5-6,8-11,14,18H,4,7,12-13H2. The molecule has 7 heteroatoms. The van der Waals surface area contributed by atoms with Gasteiger partial charge >= 0.3 is 0 Å². The molecule has 0 amide bonds. The van der Waals surface area contributed by atoms with E-state index in [2.05, 4.69) is 4.98 Å². The quantitative estimate of drug-likeness (QED) is 0.638. The van der Waals surface area contributed by atoms with E-state index >= 15 is 0 Å². The van der Waals surface area contributed by atoms with E-state index < -0.39 is 10.0 Å². The van der Waals surface area contributed by atoms with Crippen LogP contribution in [0.3, 0.4) is 0 Å². The second kappa shape index (κ2) is 7.50. The second-order valence-electron chi connectivity index (χ2n) is 6.59. The van der Waals surface area contributed by atoms with Gasteiger partial charge in [-0.05, 0) is 49.1 Å². The number of thiazole rings is 1. The Morgan fingerprint density at radius 2 is 1.85 bits per heavy atom. The molecule has 0 radical (unpaired) electrons. The van der Waals surface area contributed by atoms with Crippen LogP contribution in [0.4, 0.5) is 4.39 Å². The first-order valence-electron chi connectivity index (χ1n) is 8.81. The molecule has 1 saturated heterocycles. The Morgan fingerprint density at radius 3 is 2.59 bits per heavy atom. The van der Waals surface area contributed by atoms with Crippen LogP contribution in [0.25, 0.3) is 10.6 Å². The number of hydrogen-bond donors (Lipinski definition) is 0. The fraction of sp³-hybridized carbons (Fsp3) is 0.250. The molecule has 1 aliphatic rings. The van der Waals surface area contributed by atoms with Crippen LogP contribution in [0, 0.1) is 5.82 Å². The van der Waals surface area contributed by atoms with Crippen molar-refractivity contribution in [1.82, 2.24) is 9.29 Å². The molecule has 1 unspecified atom stereocenters. The topological polar surface area (TPSA) is 50.3 Å². The highest BCUT2D eigenvalue weighted by molar-refractivity contribution is 7.91. The van der Waals surface area contributed by atoms with Gasteiger partial charge in [0.1, 0.15) is 10.8 Å². The predicted octanol–water partition coefficient (Wildman–Crippen LogP) is 4.35. The van der Waals surface area contributed by atoms with Gasteiger partial charge in [-0.15, -0.1) is 11.3 Å². The second-order valence-corrected chi connectivity index (χ2v) is 9.74. The Bertz CT molecular complexity index is 1020. The van der Waals surface area contributed by atoms with E-state index in [1.807, 2.05) is 30.3 Å². The van der Waals surface area contributed by atoms with Gasteiger partial charge in [0.2, 0.25) is 0 Å². The zero-order chi connectivity index (χ0) is 18.9. The molecular formula is C20H19FN2O2S2. The number of sulfonamides is 1. The highest BCUT2D eigenvalue weighted by Gasteiger charge is 2.36. The maximum absolute atomic E-state index is 13.2. The molecule has 27 heavy (non-hydrogen) atoms. The molecule has 140 valence electrons. The Morgan fingerprint density at radius 1 is 1.11 bits per heavy atom. The molecule has 1 atom stereocenters. The van der Waals surface area contributed by atoms with Crippen LogP contribution >= 0.6 is 11.3 Å². The van der Waals surface area contributed by atoms with Crippen molar-refractivity contribution in [3.8, 4) is 10.6 Å². The van der Waals surface area contributed by atoms with Gasteiger partial charge in [-0.3, -0.25) is 0 Å². The average Bonchev–Trinajstić information content (AvgIpc) is 3.33. The fourth-order valence-electron chi connectivity index (χ4n) is 3.44. The largest absolute Gasteiger partial charge is 0.254 e. The molecule has 0 spiro atoms. The van der Waals surface area contributed by atoms with E-state index in [-0.39, 0.29) is 16.1 Å². The third kappa shape index (κ3) is 3.81. The van der Waals surface area contributed by atoms with Crippen molar-refractivity contribution in [2.24, 2.45) is 0 Å². The SMILES string of the molecule is O=S(=O)(c1cnc(-c2ccc(F)cc2)s1)N1CCCC1Cc1ccccc1. The van der Waals surface area contributed by atoms with Crippen molar-refractivity contribution in [1.29, 1.82) is 0 Å². The zero-order valence-electron chi connectivity index (χ0n) is 14.6. The normalized spacial score (nSPS) is 18.0. The van der Waals surface area contributed by atoms with E-state index in [9.17, 15) is 12.8 Å². The number of benzene rings is 2. The van der Waals surface area contributed by atoms with Crippen molar-refractivity contribution >= 4 is 21.4 Å². The van der Waals surface area contributed by atoms with Gasteiger partial charge < -0.3 is 0 Å². The molecule has 2 heterocycles. The lowest BCUT2D eigenvalue weighted by Crippen LogP contribution is -2.36. The summed E-state index contributed by atoms with van der Waals surface area (Å²) in [4.78, 5) is 4.25. The van der Waals surface area contributed by atoms with E-state index in [1.165, 1.54) is 18.3 Å². The Balaban J connectivity index is 1.58. The minimum Gasteiger partial charge on any atom is -0.243 e. The van der Waals surface area contributed by atoms with Gasteiger partial charge in [-0.25, -0.2) is 17.8 Å². The predicted molar refractivity (Wildman–Crippen MR) is 105 cm³/mol. The molecule has 4 rings (SSSR count). The summed E-state index contributed by atoms with van der Waals surface area (Å²) in [6.45, 7) is 0.531. The number of rotatable bonds is 5. The number of nitrogens with zero attached hydrogens (tertiary/aromatic N) is 2. The minimum atomic E-state index is -3.59. The van der Waals surface area contributed by atoms with Gasteiger partial charge in [0, 0.05) is 18.2 Å². The molecule has 1 aliphatic heterocycles. The first-order valence-corrected chi connectivity index (χ1v) is 11.1. The lowest BCUT2D eigenvalue weighted by Gasteiger charge is -2.23. The monoisotopic (exact) mass is 402 g/mol. The molecule has 1 fully saturated rings. The average molecular weight is 403 g/mol. The van der Waals surface area contributed by atoms with Crippen LogP contribution in [0.2, 0.25) is 0 Å². The number of aromatic nitrogens is 1. The highest BCUT2D eigenvalue weighted by atomic mass is 32.2. The molecule has 0 bridgehead atoms. The van der Waals surface area contributed by atoms with Crippen LogP contribution in [-0.2, 0) is 16.4 Å². The summed E-state index contributed by atoms with van der Waals surface area (Å²) in [7, 11) is -3.59. The highest BCUT2D eigenvalue weighted by Crippen LogP contribution is 2.33. The summed E-state index contributed by atoms with van der Waals surface area (Å²) in [6, 6.07) is 15.8. The van der Waals surface area contributed by atoms with Crippen molar-refractivity contribution in [3.05, 3.63) is 72.2 Å². The molecule has 2 aromatic carbocycles. The van der Waals surface area contributed by atoms with Crippen LogP contribution in [0.5, 0.6) is 0 Å². The van der Waals surface area contributed by atoms with E-state index in [0.29, 0.717) is 23.5 Å². The fourth-order valence-corrected chi connectivity index (χ4v) is 6.40. The molecule has 4 nitrogen and oxygen atoms in total. The van der Waals surface area contributed by atoms with Crippen molar-refractivity contribution in [3.63, 3.8) is 0 Å². The van der Waals surface area contributed by atoms with Gasteiger partial charge in [-0.2, -0.15) is 4.31 Å². The molecule has 0 N–H and O–H groups in total. The maximum Gasteiger partial charge on any atom is 0.254 e. The van der Waals surface area contributed by atoms with E-state index in [1.54, 1.807) is 16.4 Å². The summed E-state index contributed by atoms with van der Waals surface area (Å²) in [6.07, 6.45) is 3.85. The molecular weight excluding hydrogens is 383 g/mol. The van der Waals surface area contributed by atoms with E-state index in [4.69, 9.17) is 0 Å². The van der Waals surface area contributed by atoms with Crippen LogP contribution in [0.1, 0.15) is 18.4 Å². The van der Waals surface area contributed by atoms with Gasteiger partial charge in [0.25, 0.3) is 10.0 Å². The van der Waals surface area contributed by atoms with Crippen molar-refractivity contribution in [2.45, 2.75) is 29.5 Å². The molecule has 1 aromatic heterocycles. The number of hydrogen-bond acceptors (Lipinski definition) is 4. The summed E-state index contributed by atoms with van der Waals surface area (Å²) in [5.74, 6) is -0.330. The van der Waals surface area contributed by atoms with Crippen LogP contribution in [-0.4, -0.2) is 30.3 Å². The van der Waals surface area contributed by atoms with Gasteiger partial charge in [0.05, 0.1) is 6.20 Å². The minimum absolute atomic E-state index is 0.0335. The lowest BCUT2D eigenvalue weighted by atomic mass is 10.1.